The molecule has 3 amide bonds. The van der Waals surface area contributed by atoms with Gasteiger partial charge in [0.1, 0.15) is 5.82 Å². The number of carbonyl (C=O) groups is 2. The van der Waals surface area contributed by atoms with E-state index in [4.69, 9.17) is 5.26 Å². The van der Waals surface area contributed by atoms with Gasteiger partial charge in [0.2, 0.25) is 0 Å². The predicted octanol–water partition coefficient (Wildman–Crippen LogP) is 4.34. The van der Waals surface area contributed by atoms with Crippen molar-refractivity contribution >= 4 is 29.0 Å². The van der Waals surface area contributed by atoms with Gasteiger partial charge in [-0.1, -0.05) is 18.2 Å². The van der Waals surface area contributed by atoms with Crippen LogP contribution in [0.2, 0.25) is 0 Å². The predicted molar refractivity (Wildman–Crippen MR) is 122 cm³/mol. The maximum Gasteiger partial charge on any atom is 0.323 e. The summed E-state index contributed by atoms with van der Waals surface area (Å²) >= 11 is 0. The first-order valence-corrected chi connectivity index (χ1v) is 9.78. The second-order valence-corrected chi connectivity index (χ2v) is 7.21. The van der Waals surface area contributed by atoms with Crippen LogP contribution in [0.5, 0.6) is 0 Å². The van der Waals surface area contributed by atoms with E-state index in [9.17, 15) is 14.0 Å². The van der Waals surface area contributed by atoms with Crippen LogP contribution in [0.4, 0.5) is 26.2 Å². The number of rotatable bonds is 6. The van der Waals surface area contributed by atoms with E-state index < -0.39 is 6.03 Å². The summed E-state index contributed by atoms with van der Waals surface area (Å²) < 4.78 is 13.1. The van der Waals surface area contributed by atoms with Gasteiger partial charge < -0.3 is 20.9 Å². The van der Waals surface area contributed by atoms with Crippen LogP contribution in [0.1, 0.15) is 21.5 Å². The number of nitrogens with one attached hydrogen (secondary N) is 3. The van der Waals surface area contributed by atoms with Crippen molar-refractivity contribution in [3.8, 4) is 6.07 Å². The average Bonchev–Trinajstić information content (AvgIpc) is 2.78. The summed E-state index contributed by atoms with van der Waals surface area (Å²) in [6.07, 6.45) is 0. The molecule has 0 atom stereocenters. The summed E-state index contributed by atoms with van der Waals surface area (Å²) in [5.41, 5.74) is 3.15. The summed E-state index contributed by atoms with van der Waals surface area (Å²) in [5, 5.41) is 17.1. The van der Waals surface area contributed by atoms with Crippen molar-refractivity contribution in [2.75, 3.05) is 29.6 Å². The topological polar surface area (TPSA) is 97.3 Å². The molecule has 3 N–H and O–H groups in total. The van der Waals surface area contributed by atoms with Gasteiger partial charge in [-0.2, -0.15) is 5.26 Å². The molecule has 0 saturated heterocycles. The van der Waals surface area contributed by atoms with Crippen molar-refractivity contribution in [2.24, 2.45) is 0 Å². The van der Waals surface area contributed by atoms with Crippen LogP contribution in [0.15, 0.2) is 66.7 Å². The monoisotopic (exact) mass is 431 g/mol. The first kappa shape index (κ1) is 22.3. The molecule has 3 aromatic carbocycles. The molecule has 0 spiro atoms. The summed E-state index contributed by atoms with van der Waals surface area (Å²) in [6, 6.07) is 18.9. The molecule has 7 nitrogen and oxygen atoms in total. The van der Waals surface area contributed by atoms with Gasteiger partial charge in [0, 0.05) is 37.7 Å². The van der Waals surface area contributed by atoms with Crippen LogP contribution < -0.4 is 20.9 Å². The summed E-state index contributed by atoms with van der Waals surface area (Å²) in [6.45, 7) is 0.235. The second kappa shape index (κ2) is 10.1. The SMILES string of the molecule is CN(C)c1ccc(NC(=O)Nc2cccc(C#N)c2)cc1C(=O)NCc1ccc(F)cc1. The summed E-state index contributed by atoms with van der Waals surface area (Å²) in [7, 11) is 3.63. The van der Waals surface area contributed by atoms with Crippen molar-refractivity contribution in [1.29, 1.82) is 5.26 Å². The second-order valence-electron chi connectivity index (χ2n) is 7.21. The molecule has 0 aliphatic rings. The van der Waals surface area contributed by atoms with Crippen LogP contribution in [0.3, 0.4) is 0 Å². The lowest BCUT2D eigenvalue weighted by molar-refractivity contribution is 0.0951. The maximum atomic E-state index is 13.1. The number of hydrogen-bond acceptors (Lipinski definition) is 4. The van der Waals surface area contributed by atoms with Crippen LogP contribution in [-0.2, 0) is 6.54 Å². The number of nitrogens with zero attached hydrogens (tertiary/aromatic N) is 2. The molecule has 0 aromatic heterocycles. The number of halogens is 1. The zero-order valence-electron chi connectivity index (χ0n) is 17.6. The minimum atomic E-state index is -0.504. The van der Waals surface area contributed by atoms with Gasteiger partial charge in [-0.15, -0.1) is 0 Å². The highest BCUT2D eigenvalue weighted by Crippen LogP contribution is 2.23. The Kier molecular flexibility index (Phi) is 7.03. The zero-order valence-corrected chi connectivity index (χ0v) is 17.6. The normalized spacial score (nSPS) is 10.1. The largest absolute Gasteiger partial charge is 0.377 e. The Morgan fingerprint density at radius 2 is 1.66 bits per heavy atom. The molecule has 0 aliphatic carbocycles. The van der Waals surface area contributed by atoms with E-state index in [-0.39, 0.29) is 18.3 Å². The molecule has 0 saturated carbocycles. The van der Waals surface area contributed by atoms with Crippen molar-refractivity contribution < 1.29 is 14.0 Å². The van der Waals surface area contributed by atoms with E-state index in [1.165, 1.54) is 12.1 Å². The molecule has 32 heavy (non-hydrogen) atoms. The molecule has 0 radical (unpaired) electrons. The third kappa shape index (κ3) is 5.83. The molecule has 3 aromatic rings. The Labute approximate surface area is 185 Å². The van der Waals surface area contributed by atoms with Crippen LogP contribution in [-0.4, -0.2) is 26.0 Å². The number of urea groups is 1. The van der Waals surface area contributed by atoms with Gasteiger partial charge in [0.05, 0.1) is 17.2 Å². The fraction of sp³-hybridized carbons (Fsp3) is 0.125. The highest BCUT2D eigenvalue weighted by Gasteiger charge is 2.15. The first-order chi connectivity index (χ1) is 15.4. The fourth-order valence-electron chi connectivity index (χ4n) is 3.03. The maximum absolute atomic E-state index is 13.1. The lowest BCUT2D eigenvalue weighted by Crippen LogP contribution is -2.26. The van der Waals surface area contributed by atoms with E-state index in [2.05, 4.69) is 16.0 Å². The van der Waals surface area contributed by atoms with E-state index >= 15 is 0 Å². The van der Waals surface area contributed by atoms with Gasteiger partial charge in [-0.3, -0.25) is 4.79 Å². The third-order valence-corrected chi connectivity index (χ3v) is 4.60. The zero-order chi connectivity index (χ0) is 23.1. The standard InChI is InChI=1S/C24H22FN5O2/c1-30(2)22-11-10-20(29-24(32)28-19-5-3-4-17(12-19)14-26)13-21(22)23(31)27-15-16-6-8-18(25)9-7-16/h3-13H,15H2,1-2H3,(H,27,31)(H2,28,29,32). The van der Waals surface area contributed by atoms with Gasteiger partial charge in [-0.25, -0.2) is 9.18 Å². The van der Waals surface area contributed by atoms with E-state index in [0.29, 0.717) is 28.2 Å². The van der Waals surface area contributed by atoms with Gasteiger partial charge in [0.15, 0.2) is 0 Å². The molecule has 8 heteroatoms. The summed E-state index contributed by atoms with van der Waals surface area (Å²) in [4.78, 5) is 27.0. The Balaban J connectivity index is 1.73. The van der Waals surface area contributed by atoms with Crippen LogP contribution in [0, 0.1) is 17.1 Å². The van der Waals surface area contributed by atoms with E-state index in [1.54, 1.807) is 59.5 Å². The molecular formula is C24H22FN5O2. The van der Waals surface area contributed by atoms with Crippen molar-refractivity contribution in [1.82, 2.24) is 5.32 Å². The minimum absolute atomic E-state index is 0.235. The number of amides is 3. The third-order valence-electron chi connectivity index (χ3n) is 4.60. The number of nitriles is 1. The Morgan fingerprint density at radius 3 is 2.31 bits per heavy atom. The first-order valence-electron chi connectivity index (χ1n) is 9.78. The van der Waals surface area contributed by atoms with Crippen LogP contribution in [0.25, 0.3) is 0 Å². The molecule has 0 heterocycles. The average molecular weight is 431 g/mol. The quantitative estimate of drug-likeness (QED) is 0.541. The molecule has 0 bridgehead atoms. The summed E-state index contributed by atoms with van der Waals surface area (Å²) in [5.74, 6) is -0.671. The van der Waals surface area contributed by atoms with Crippen molar-refractivity contribution in [3.05, 3.63) is 89.2 Å². The highest BCUT2D eigenvalue weighted by molar-refractivity contribution is 6.04. The molecule has 162 valence electrons. The number of benzene rings is 3. The minimum Gasteiger partial charge on any atom is -0.377 e. The highest BCUT2D eigenvalue weighted by atomic mass is 19.1. The van der Waals surface area contributed by atoms with E-state index in [1.807, 2.05) is 20.2 Å². The lowest BCUT2D eigenvalue weighted by Gasteiger charge is -2.19. The van der Waals surface area contributed by atoms with Crippen molar-refractivity contribution in [3.63, 3.8) is 0 Å². The molecule has 0 fully saturated rings. The van der Waals surface area contributed by atoms with E-state index in [0.717, 1.165) is 5.56 Å². The van der Waals surface area contributed by atoms with Gasteiger partial charge in [-0.05, 0) is 54.1 Å². The van der Waals surface area contributed by atoms with Gasteiger partial charge >= 0.3 is 6.03 Å². The molecule has 0 aliphatic heterocycles. The number of hydrogen-bond donors (Lipinski definition) is 3. The van der Waals surface area contributed by atoms with Crippen LogP contribution >= 0.6 is 0 Å². The smallest absolute Gasteiger partial charge is 0.323 e. The van der Waals surface area contributed by atoms with Crippen molar-refractivity contribution in [2.45, 2.75) is 6.54 Å². The lowest BCUT2D eigenvalue weighted by atomic mass is 10.1. The Hall–Kier alpha value is -4.38. The van der Waals surface area contributed by atoms with Gasteiger partial charge in [0.25, 0.3) is 5.91 Å². The Morgan fingerprint density at radius 1 is 0.969 bits per heavy atom. The molecular weight excluding hydrogens is 409 g/mol. The fourth-order valence-corrected chi connectivity index (χ4v) is 3.03. The Bertz CT molecular complexity index is 1170. The number of carbonyl (C=O) groups excluding carboxylic acids is 2. The molecule has 0 unspecified atom stereocenters. The molecule has 3 rings (SSSR count). The number of anilines is 3.